The number of fused-ring (bicyclic) bond motifs is 9. The summed E-state index contributed by atoms with van der Waals surface area (Å²) in [6.45, 7) is 26.6. The number of benzene rings is 2. The summed E-state index contributed by atoms with van der Waals surface area (Å²) in [7, 11) is 7.62. The van der Waals surface area contributed by atoms with Crippen molar-refractivity contribution in [3.63, 3.8) is 0 Å². The van der Waals surface area contributed by atoms with Crippen molar-refractivity contribution in [1.82, 2.24) is 16.0 Å². The van der Waals surface area contributed by atoms with Gasteiger partial charge in [0.2, 0.25) is 11.8 Å². The first kappa shape index (κ1) is 87.5. The number of carbonyl (C=O) groups excluding carboxylic acids is 9. The fourth-order valence-electron chi connectivity index (χ4n) is 16.1. The van der Waals surface area contributed by atoms with Gasteiger partial charge in [-0.2, -0.15) is 5.70 Å². The number of carbonyl (C=O) groups is 9. The molecule has 2 aromatic carbocycles. The molecule has 28 nitrogen and oxygen atoms in total. The van der Waals surface area contributed by atoms with Crippen LogP contribution in [0, 0.1) is 63.1 Å². The third-order valence-electron chi connectivity index (χ3n) is 22.3. The molecule has 10 atom stereocenters. The minimum atomic E-state index is -2.17. The molecular weight excluding hydrogens is 1410 g/mol. The van der Waals surface area contributed by atoms with E-state index in [4.69, 9.17) is 86.6 Å². The number of allylic oxidation sites excluding steroid dienone is 4. The van der Waals surface area contributed by atoms with Crippen molar-refractivity contribution in [1.29, 1.82) is 10.5 Å². The van der Waals surface area contributed by atoms with Crippen molar-refractivity contribution >= 4 is 70.9 Å². The molecule has 106 heavy (non-hydrogen) atoms. The Morgan fingerprint density at radius 3 is 1.68 bits per heavy atom. The minimum Gasteiger partial charge on any atom is -0.682 e. The van der Waals surface area contributed by atoms with E-state index in [0.717, 1.165) is 22.3 Å². The molecule has 5 heterocycles. The molecule has 8 rings (SSSR count). The summed E-state index contributed by atoms with van der Waals surface area (Å²) >= 11 is 0. The van der Waals surface area contributed by atoms with Gasteiger partial charge >= 0.3 is 58.7 Å². The van der Waals surface area contributed by atoms with E-state index in [1.807, 2.05) is 90.1 Å². The second-order valence-corrected chi connectivity index (χ2v) is 28.3. The van der Waals surface area contributed by atoms with E-state index in [0.29, 0.717) is 34.0 Å². The van der Waals surface area contributed by atoms with Crippen LogP contribution in [0.3, 0.4) is 0 Å². The fraction of sp³-hybridized carbons (Fsp3) is 0.584. The van der Waals surface area contributed by atoms with E-state index >= 15 is 0 Å². The Balaban J connectivity index is 0.00000396. The predicted molar refractivity (Wildman–Crippen MR) is 383 cm³/mol. The Kier molecular flexibility index (Phi) is 31.3. The van der Waals surface area contributed by atoms with Crippen LogP contribution in [0.2, 0.25) is 0 Å². The van der Waals surface area contributed by atoms with Gasteiger partial charge in [-0.15, -0.1) is 0 Å². The number of amides is 3. The molecule has 2 aromatic rings. The zero-order chi connectivity index (χ0) is 78.0. The summed E-state index contributed by atoms with van der Waals surface area (Å²) in [5.74, 6) is -6.75. The maximum Gasteiger partial charge on any atom is 3.00 e. The number of ether oxygens (including phenoxy) is 9. The zero-order valence-electron chi connectivity index (χ0n) is 63.2. The molecule has 1 saturated heterocycles. The van der Waals surface area contributed by atoms with Crippen molar-refractivity contribution in [2.45, 2.75) is 162 Å². The van der Waals surface area contributed by atoms with Gasteiger partial charge in [-0.05, 0) is 104 Å². The third-order valence-corrected chi connectivity index (χ3v) is 22.3. The van der Waals surface area contributed by atoms with E-state index in [1.165, 1.54) is 42.7 Å². The molecule has 0 radical (unpaired) electrons. The van der Waals surface area contributed by atoms with Crippen LogP contribution < -0.4 is 16.0 Å². The Morgan fingerprint density at radius 1 is 0.623 bits per heavy atom. The minimum absolute atomic E-state index is 0. The first-order chi connectivity index (χ1) is 49.9. The van der Waals surface area contributed by atoms with Crippen LogP contribution in [-0.4, -0.2) is 188 Å². The standard InChI is InChI=1S/C75H101N7O19.2CN.Co/c1-43-63-51(24-26-57(84)93-10)70(4,5)54(79-63)39-55-75(92,31-29-60(87)96-13)73(8,40-56(83)76-32-34-99-36-37-100-35-33-77-68(90)45(3)78-69(91)101-42-50-48-22-18-16-20-46(48)47-21-17-19-23-49(47)50)66(80-55)44(2)64-52(25-27-58(85)94-11)72(7,41-62(89)98-15)74(9,82-64)67-53(38-61(88)97-14)71(6,65(43)81-67)30-28-59(86)95-12;2*1-2;/h16-23,39,45,50-53,67,92H,24-38,40-42H2,1-15H3,(H4,76,77,78,79,80,81,82,83,90,91);;;/q;2*-1;+3/p-1/t45-,51-,52-,53+,67?,71-,72+,73-,74+,75+;;;/m1.../s1. The number of alkyl carbamates (subject to hydrolysis) is 1. The van der Waals surface area contributed by atoms with Gasteiger partial charge in [0.15, 0.2) is 0 Å². The summed E-state index contributed by atoms with van der Waals surface area (Å²) in [4.78, 5) is 139. The van der Waals surface area contributed by atoms with E-state index in [-0.39, 0.29) is 144 Å². The van der Waals surface area contributed by atoms with Crippen LogP contribution in [0.15, 0.2) is 97.8 Å². The molecule has 0 saturated carbocycles. The number of methoxy groups -OCH3 is 6. The molecule has 8 bridgehead atoms. The summed E-state index contributed by atoms with van der Waals surface area (Å²) in [5.41, 5.74) is -1.64. The molecule has 6 aliphatic rings. The molecule has 4 N–H and O–H groups in total. The average molecular weight is 1510 g/mol. The van der Waals surface area contributed by atoms with Crippen LogP contribution in [-0.2, 0) is 97.8 Å². The Bertz CT molecular complexity index is 3790. The molecule has 3 amide bonds. The molecule has 576 valence electrons. The number of esters is 6. The molecule has 29 heteroatoms. The topological polar surface area (TPSA) is 392 Å². The van der Waals surface area contributed by atoms with Crippen LogP contribution in [0.4, 0.5) is 4.79 Å². The van der Waals surface area contributed by atoms with Gasteiger partial charge in [0.05, 0.1) is 97.9 Å². The van der Waals surface area contributed by atoms with Gasteiger partial charge in [-0.1, -0.05) is 89.2 Å². The maximum atomic E-state index is 14.9. The van der Waals surface area contributed by atoms with E-state index in [9.17, 15) is 48.3 Å². The number of aliphatic imine (C=N–C) groups is 3. The molecule has 1 fully saturated rings. The number of hydrogen-bond acceptors (Lipinski definition) is 24. The SMILES string of the molecule is COC(=O)CC[C@@H]1C2=NC(=C\C3=NC(=C(/C)C4=N[C@@](C)(C5[N-]/C(=C\2C)[C@](C)(CCC(=O)OC)[C@H]5CC(=O)OC)[C@@](C)(CC(=O)OC)[C@@H]4CCC(=O)OC)/[C@@](C)(CC(=O)NCCOCCOCCNC(=O)[C@@H](C)NC(=O)OCC2c4ccccc4-c4ccccc42)[C@]3(O)CCC(=O)OC)/C1(C)C.[C-]#N.[C-]#N.[Co+3]. The van der Waals surface area contributed by atoms with E-state index in [1.54, 1.807) is 26.8 Å². The van der Waals surface area contributed by atoms with Gasteiger partial charge in [0, 0.05) is 97.3 Å². The van der Waals surface area contributed by atoms with Gasteiger partial charge in [-0.25, -0.2) is 4.79 Å². The number of rotatable bonds is 31. The number of nitrogens with zero attached hydrogens (tertiary/aromatic N) is 6. The van der Waals surface area contributed by atoms with E-state index < -0.39 is 123 Å². The van der Waals surface area contributed by atoms with E-state index in [2.05, 4.69) is 16.0 Å². The summed E-state index contributed by atoms with van der Waals surface area (Å²) < 4.78 is 48.9. The van der Waals surface area contributed by atoms with Crippen LogP contribution in [0.1, 0.15) is 150 Å². The number of hydrogen-bond donors (Lipinski definition) is 4. The fourth-order valence-corrected chi connectivity index (χ4v) is 16.1. The monoisotopic (exact) mass is 1510 g/mol. The van der Waals surface area contributed by atoms with Crippen molar-refractivity contribution in [3.05, 3.63) is 112 Å². The second kappa shape index (κ2) is 37.9. The molecule has 1 aliphatic carbocycles. The molecule has 0 spiro atoms. The molecule has 0 aromatic heterocycles. The quantitative estimate of drug-likeness (QED) is 0.0237. The first-order valence-corrected chi connectivity index (χ1v) is 34.9. The maximum absolute atomic E-state index is 14.9. The number of aliphatic hydroxyl groups is 1. The van der Waals surface area contributed by atoms with Crippen LogP contribution >= 0.6 is 0 Å². The molecular formula is C77H100CoN9O19. The van der Waals surface area contributed by atoms with Gasteiger partial charge in [-0.3, -0.25) is 53.3 Å². The van der Waals surface area contributed by atoms with Crippen molar-refractivity contribution in [2.24, 2.45) is 54.4 Å². The summed E-state index contributed by atoms with van der Waals surface area (Å²) in [6.07, 6.45) is -0.610. The van der Waals surface area contributed by atoms with Crippen LogP contribution in [0.25, 0.3) is 16.4 Å². The Morgan fingerprint density at radius 2 is 1.13 bits per heavy atom. The molecule has 1 unspecified atom stereocenters. The molecule has 5 aliphatic heterocycles. The van der Waals surface area contributed by atoms with Crippen molar-refractivity contribution in [3.8, 4) is 11.1 Å². The summed E-state index contributed by atoms with van der Waals surface area (Å²) in [6, 6.07) is 14.1. The Hall–Kier alpha value is -9.13. The summed E-state index contributed by atoms with van der Waals surface area (Å²) in [5, 5.41) is 40.5. The normalized spacial score (nSPS) is 26.9. The third kappa shape index (κ3) is 18.3. The largest absolute Gasteiger partial charge is 3.00 e. The zero-order valence-corrected chi connectivity index (χ0v) is 64.2. The number of nitrogens with one attached hydrogen (secondary N) is 3. The average Bonchev–Trinajstić information content (AvgIpc) is 1.52. The van der Waals surface area contributed by atoms with Crippen molar-refractivity contribution < 1.29 is 108 Å². The predicted octanol–water partition coefficient (Wildman–Crippen LogP) is 8.65. The van der Waals surface area contributed by atoms with Crippen LogP contribution in [0.5, 0.6) is 0 Å². The smallest absolute Gasteiger partial charge is 0.682 e. The van der Waals surface area contributed by atoms with Gasteiger partial charge in [0.1, 0.15) is 18.2 Å². The van der Waals surface area contributed by atoms with Gasteiger partial charge in [0.25, 0.3) is 0 Å². The second-order valence-electron chi connectivity index (χ2n) is 28.3. The first-order valence-electron chi connectivity index (χ1n) is 34.9. The van der Waals surface area contributed by atoms with Gasteiger partial charge < -0.3 is 92.7 Å². The Labute approximate surface area is 630 Å². The van der Waals surface area contributed by atoms with Crippen molar-refractivity contribution in [2.75, 3.05) is 88.8 Å².